The zero-order chi connectivity index (χ0) is 17.1. The van der Waals surface area contributed by atoms with Gasteiger partial charge in [-0.2, -0.15) is 0 Å². The third-order valence-electron chi connectivity index (χ3n) is 3.39. The summed E-state index contributed by atoms with van der Waals surface area (Å²) in [6, 6.07) is 15.2. The van der Waals surface area contributed by atoms with Crippen molar-refractivity contribution in [2.75, 3.05) is 5.32 Å². The lowest BCUT2D eigenvalue weighted by atomic mass is 10.1. The van der Waals surface area contributed by atoms with E-state index in [2.05, 4.69) is 5.32 Å². The normalized spacial score (nSPS) is 10.6. The van der Waals surface area contributed by atoms with Crippen LogP contribution in [0.25, 0.3) is 11.3 Å². The molecule has 1 heterocycles. The molecule has 2 aromatic carbocycles. The number of anilines is 1. The van der Waals surface area contributed by atoms with Crippen LogP contribution in [0, 0.1) is 0 Å². The summed E-state index contributed by atoms with van der Waals surface area (Å²) in [4.78, 5) is 12.3. The summed E-state index contributed by atoms with van der Waals surface area (Å²) < 4.78 is 5.50. The van der Waals surface area contributed by atoms with Crippen LogP contribution in [0.15, 0.2) is 59.0 Å². The van der Waals surface area contributed by atoms with Crippen molar-refractivity contribution in [2.45, 2.75) is 6.61 Å². The van der Waals surface area contributed by atoms with Crippen molar-refractivity contribution in [3.8, 4) is 11.3 Å². The van der Waals surface area contributed by atoms with Crippen molar-refractivity contribution >= 4 is 34.8 Å². The van der Waals surface area contributed by atoms with Crippen molar-refractivity contribution < 1.29 is 14.3 Å². The molecular weight excluding hydrogens is 349 g/mol. The molecule has 0 saturated carbocycles. The summed E-state index contributed by atoms with van der Waals surface area (Å²) in [5, 5.41) is 12.9. The minimum Gasteiger partial charge on any atom is -0.459 e. The average Bonchev–Trinajstić information content (AvgIpc) is 3.05. The summed E-state index contributed by atoms with van der Waals surface area (Å²) in [5.41, 5.74) is 1.65. The van der Waals surface area contributed by atoms with Gasteiger partial charge in [0, 0.05) is 21.8 Å². The van der Waals surface area contributed by atoms with Gasteiger partial charge in [0.1, 0.15) is 18.1 Å². The standard InChI is InChI=1S/C18H13Cl2NO3/c19-12-3-1-2-11(8-12)18(23)21-13-4-6-16(20)15(9-13)17-7-5-14(10-22)24-17/h1-9,22H,10H2,(H,21,23). The molecule has 0 spiro atoms. The fraction of sp³-hybridized carbons (Fsp3) is 0.0556. The molecule has 3 rings (SSSR count). The number of hydrogen-bond acceptors (Lipinski definition) is 3. The maximum absolute atomic E-state index is 12.3. The largest absolute Gasteiger partial charge is 0.459 e. The molecule has 0 fully saturated rings. The van der Waals surface area contributed by atoms with Crippen LogP contribution in [-0.4, -0.2) is 11.0 Å². The molecule has 122 valence electrons. The van der Waals surface area contributed by atoms with Crippen LogP contribution in [0.4, 0.5) is 5.69 Å². The number of furan rings is 1. The third-order valence-corrected chi connectivity index (χ3v) is 3.96. The van der Waals surface area contributed by atoms with Crippen molar-refractivity contribution in [1.82, 2.24) is 0 Å². The Kier molecular flexibility index (Phi) is 4.90. The summed E-state index contributed by atoms with van der Waals surface area (Å²) in [6.45, 7) is -0.192. The number of aliphatic hydroxyl groups excluding tert-OH is 1. The molecule has 1 aromatic heterocycles. The minimum absolute atomic E-state index is 0.192. The van der Waals surface area contributed by atoms with E-state index in [0.29, 0.717) is 38.4 Å². The third kappa shape index (κ3) is 3.62. The number of aliphatic hydroxyl groups is 1. The van der Waals surface area contributed by atoms with Gasteiger partial charge in [-0.3, -0.25) is 4.79 Å². The highest BCUT2D eigenvalue weighted by Gasteiger charge is 2.12. The van der Waals surface area contributed by atoms with E-state index >= 15 is 0 Å². The van der Waals surface area contributed by atoms with Gasteiger partial charge >= 0.3 is 0 Å². The summed E-state index contributed by atoms with van der Waals surface area (Å²) in [7, 11) is 0. The Morgan fingerprint density at radius 2 is 1.92 bits per heavy atom. The fourth-order valence-corrected chi connectivity index (χ4v) is 2.63. The van der Waals surface area contributed by atoms with Crippen molar-refractivity contribution in [3.05, 3.63) is 76.0 Å². The minimum atomic E-state index is -0.277. The molecule has 3 aromatic rings. The Bertz CT molecular complexity index is 889. The summed E-state index contributed by atoms with van der Waals surface area (Å²) >= 11 is 12.1. The number of nitrogens with one attached hydrogen (secondary N) is 1. The molecular formula is C18H13Cl2NO3. The van der Waals surface area contributed by atoms with E-state index in [9.17, 15) is 4.79 Å². The predicted octanol–water partition coefficient (Wildman–Crippen LogP) is 5.00. The Morgan fingerprint density at radius 3 is 2.62 bits per heavy atom. The molecule has 1 amide bonds. The van der Waals surface area contributed by atoms with E-state index in [4.69, 9.17) is 32.7 Å². The van der Waals surface area contributed by atoms with E-state index < -0.39 is 0 Å². The number of carbonyl (C=O) groups excluding carboxylic acids is 1. The second kappa shape index (κ2) is 7.09. The molecule has 0 unspecified atom stereocenters. The number of benzene rings is 2. The van der Waals surface area contributed by atoms with Crippen molar-refractivity contribution in [3.63, 3.8) is 0 Å². The second-order valence-corrected chi connectivity index (χ2v) is 5.93. The van der Waals surface area contributed by atoms with Crippen molar-refractivity contribution in [1.29, 1.82) is 0 Å². The van der Waals surface area contributed by atoms with Crippen LogP contribution >= 0.6 is 23.2 Å². The highest BCUT2D eigenvalue weighted by molar-refractivity contribution is 6.33. The van der Waals surface area contributed by atoms with E-state index in [1.807, 2.05) is 0 Å². The van der Waals surface area contributed by atoms with Gasteiger partial charge in [-0.05, 0) is 48.5 Å². The van der Waals surface area contributed by atoms with Gasteiger partial charge in [-0.15, -0.1) is 0 Å². The number of carbonyl (C=O) groups is 1. The van der Waals surface area contributed by atoms with Gasteiger partial charge in [-0.25, -0.2) is 0 Å². The lowest BCUT2D eigenvalue weighted by Gasteiger charge is -2.08. The van der Waals surface area contributed by atoms with Crippen LogP contribution in [0.2, 0.25) is 10.0 Å². The van der Waals surface area contributed by atoms with Crippen LogP contribution in [0.3, 0.4) is 0 Å². The van der Waals surface area contributed by atoms with Gasteiger partial charge in [0.15, 0.2) is 0 Å². The van der Waals surface area contributed by atoms with E-state index in [1.165, 1.54) is 0 Å². The molecule has 0 saturated heterocycles. The zero-order valence-electron chi connectivity index (χ0n) is 12.4. The number of amides is 1. The molecule has 0 atom stereocenters. The molecule has 0 aliphatic carbocycles. The van der Waals surface area contributed by atoms with Gasteiger partial charge in [0.2, 0.25) is 0 Å². The first-order valence-corrected chi connectivity index (χ1v) is 7.89. The van der Waals surface area contributed by atoms with E-state index in [0.717, 1.165) is 0 Å². The highest BCUT2D eigenvalue weighted by Crippen LogP contribution is 2.32. The van der Waals surface area contributed by atoms with Crippen LogP contribution in [-0.2, 0) is 6.61 Å². The van der Waals surface area contributed by atoms with Crippen LogP contribution in [0.5, 0.6) is 0 Å². The molecule has 4 nitrogen and oxygen atoms in total. The Labute approximate surface area is 148 Å². The highest BCUT2D eigenvalue weighted by atomic mass is 35.5. The molecule has 0 aliphatic heterocycles. The second-order valence-electron chi connectivity index (χ2n) is 5.08. The lowest BCUT2D eigenvalue weighted by Crippen LogP contribution is -2.11. The fourth-order valence-electron chi connectivity index (χ4n) is 2.23. The summed E-state index contributed by atoms with van der Waals surface area (Å²) in [5.74, 6) is 0.679. The first-order valence-electron chi connectivity index (χ1n) is 7.13. The molecule has 0 radical (unpaired) electrons. The number of hydrogen-bond donors (Lipinski definition) is 2. The first-order chi connectivity index (χ1) is 11.6. The Balaban J connectivity index is 1.87. The van der Waals surface area contributed by atoms with Gasteiger partial charge in [0.25, 0.3) is 5.91 Å². The van der Waals surface area contributed by atoms with Crippen molar-refractivity contribution in [2.24, 2.45) is 0 Å². The summed E-state index contributed by atoms with van der Waals surface area (Å²) in [6.07, 6.45) is 0. The number of halogens is 2. The molecule has 0 bridgehead atoms. The SMILES string of the molecule is O=C(Nc1ccc(Cl)c(-c2ccc(CO)o2)c1)c1cccc(Cl)c1. The topological polar surface area (TPSA) is 62.5 Å². The monoisotopic (exact) mass is 361 g/mol. The number of rotatable bonds is 4. The Morgan fingerprint density at radius 1 is 1.08 bits per heavy atom. The average molecular weight is 362 g/mol. The van der Waals surface area contributed by atoms with Crippen LogP contribution in [0.1, 0.15) is 16.1 Å². The molecule has 6 heteroatoms. The van der Waals surface area contributed by atoms with Gasteiger partial charge in [0.05, 0.1) is 5.02 Å². The smallest absolute Gasteiger partial charge is 0.255 e. The Hall–Kier alpha value is -2.27. The predicted molar refractivity (Wildman–Crippen MR) is 94.5 cm³/mol. The lowest BCUT2D eigenvalue weighted by molar-refractivity contribution is 0.102. The van der Waals surface area contributed by atoms with E-state index in [1.54, 1.807) is 54.6 Å². The maximum atomic E-state index is 12.3. The zero-order valence-corrected chi connectivity index (χ0v) is 13.9. The quantitative estimate of drug-likeness (QED) is 0.687. The maximum Gasteiger partial charge on any atom is 0.255 e. The molecule has 24 heavy (non-hydrogen) atoms. The molecule has 2 N–H and O–H groups in total. The molecule has 0 aliphatic rings. The van der Waals surface area contributed by atoms with Gasteiger partial charge in [-0.1, -0.05) is 29.3 Å². The van der Waals surface area contributed by atoms with Gasteiger partial charge < -0.3 is 14.8 Å². The first kappa shape index (κ1) is 16.6. The van der Waals surface area contributed by atoms with Crippen LogP contribution < -0.4 is 5.32 Å². The van der Waals surface area contributed by atoms with E-state index in [-0.39, 0.29) is 12.5 Å².